The first-order valence-electron chi connectivity index (χ1n) is 11.0. The van der Waals surface area contributed by atoms with Crippen LogP contribution in [0, 0.1) is 6.92 Å². The summed E-state index contributed by atoms with van der Waals surface area (Å²) in [6.45, 7) is 8.88. The highest BCUT2D eigenvalue weighted by Crippen LogP contribution is 2.35. The Hall–Kier alpha value is -2.60. The maximum atomic E-state index is 5.54. The molecule has 3 nitrogen and oxygen atoms in total. The first-order valence-corrected chi connectivity index (χ1v) is 11.0. The monoisotopic (exact) mass is 553 g/mol. The number of hydrogen-bond acceptors (Lipinski definition) is 2. The molecule has 0 aliphatic rings. The average molecular weight is 553 g/mol. The van der Waals surface area contributed by atoms with E-state index in [-0.39, 0.29) is 29.4 Å². The van der Waals surface area contributed by atoms with Gasteiger partial charge in [-0.25, -0.2) is 0 Å². The minimum absolute atomic E-state index is 0. The number of halogens is 1. The van der Waals surface area contributed by atoms with Gasteiger partial charge >= 0.3 is 0 Å². The standard InChI is InChI=1S/C29H32NO2.HI/c1-19-25-18-28(32-7)27(31-6)17-23(25)16-26(30(19)5)22-10-8-9-21(15-22)20-11-13-24(14-12-20)29(2,3)4;/h8-18H,1-7H3;1H/q+1;/p-1. The molecule has 1 aromatic heterocycles. The van der Waals surface area contributed by atoms with Crippen molar-refractivity contribution in [3.05, 3.63) is 78.0 Å². The van der Waals surface area contributed by atoms with Crippen molar-refractivity contribution in [2.24, 2.45) is 7.05 Å². The van der Waals surface area contributed by atoms with Crippen LogP contribution >= 0.6 is 0 Å². The summed E-state index contributed by atoms with van der Waals surface area (Å²) in [5.74, 6) is 1.49. The number of benzene rings is 3. The number of fused-ring (bicyclic) bond motifs is 1. The highest BCUT2D eigenvalue weighted by Gasteiger charge is 2.19. The van der Waals surface area contributed by atoms with E-state index < -0.39 is 0 Å². The Morgan fingerprint density at radius 1 is 0.727 bits per heavy atom. The summed E-state index contributed by atoms with van der Waals surface area (Å²) in [7, 11) is 5.47. The SMILES string of the molecule is COc1cc2cc(-c3cccc(-c4ccc(C(C)(C)C)cc4)c3)[n+](C)c(C)c2cc1OC.[I-]. The zero-order chi connectivity index (χ0) is 23.0. The molecule has 4 heteroatoms. The Bertz CT molecular complexity index is 1290. The minimum Gasteiger partial charge on any atom is -1.00 e. The smallest absolute Gasteiger partial charge is 0.213 e. The lowest BCUT2D eigenvalue weighted by Crippen LogP contribution is -3.00. The number of aryl methyl sites for hydroxylation is 1. The Labute approximate surface area is 214 Å². The van der Waals surface area contributed by atoms with E-state index in [0.717, 1.165) is 28.0 Å². The van der Waals surface area contributed by atoms with Crippen molar-refractivity contribution >= 4 is 10.8 Å². The van der Waals surface area contributed by atoms with Crippen LogP contribution in [-0.2, 0) is 12.5 Å². The largest absolute Gasteiger partial charge is 1.00 e. The fourth-order valence-electron chi connectivity index (χ4n) is 4.23. The molecule has 0 amide bonds. The summed E-state index contributed by atoms with van der Waals surface area (Å²) in [5.41, 5.74) is 7.47. The predicted octanol–water partition coefficient (Wildman–Crippen LogP) is 3.63. The van der Waals surface area contributed by atoms with Crippen molar-refractivity contribution in [3.8, 4) is 33.9 Å². The van der Waals surface area contributed by atoms with E-state index in [9.17, 15) is 0 Å². The van der Waals surface area contributed by atoms with Crippen LogP contribution in [0.25, 0.3) is 33.2 Å². The van der Waals surface area contributed by atoms with E-state index >= 15 is 0 Å². The average Bonchev–Trinajstić information content (AvgIpc) is 2.80. The van der Waals surface area contributed by atoms with Gasteiger partial charge in [-0.15, -0.1) is 0 Å². The zero-order valence-electron chi connectivity index (χ0n) is 20.5. The second kappa shape index (κ2) is 9.72. The summed E-state index contributed by atoms with van der Waals surface area (Å²) in [4.78, 5) is 0. The minimum atomic E-state index is 0. The van der Waals surface area contributed by atoms with Crippen LogP contribution in [0.4, 0.5) is 0 Å². The lowest BCUT2D eigenvalue weighted by molar-refractivity contribution is -0.665. The van der Waals surface area contributed by atoms with Gasteiger partial charge in [0.15, 0.2) is 17.2 Å². The summed E-state index contributed by atoms with van der Waals surface area (Å²) in [6, 6.07) is 24.0. The first kappa shape index (κ1) is 25.0. The van der Waals surface area contributed by atoms with Gasteiger partial charge < -0.3 is 33.5 Å². The van der Waals surface area contributed by atoms with Gasteiger partial charge in [0.2, 0.25) is 5.69 Å². The molecule has 3 aromatic carbocycles. The lowest BCUT2D eigenvalue weighted by Gasteiger charge is -2.19. The molecule has 0 fully saturated rings. The fourth-order valence-corrected chi connectivity index (χ4v) is 4.23. The molecule has 4 aromatic rings. The van der Waals surface area contributed by atoms with Crippen molar-refractivity contribution in [3.63, 3.8) is 0 Å². The zero-order valence-corrected chi connectivity index (χ0v) is 22.7. The van der Waals surface area contributed by atoms with Gasteiger partial charge in [0.1, 0.15) is 7.05 Å². The molecular weight excluding hydrogens is 521 g/mol. The third-order valence-corrected chi connectivity index (χ3v) is 6.34. The number of pyridine rings is 1. The third kappa shape index (κ3) is 4.86. The van der Waals surface area contributed by atoms with E-state index in [1.165, 1.54) is 27.9 Å². The van der Waals surface area contributed by atoms with Crippen LogP contribution in [0.3, 0.4) is 0 Å². The summed E-state index contributed by atoms with van der Waals surface area (Å²) in [5, 5.41) is 2.29. The van der Waals surface area contributed by atoms with Gasteiger partial charge in [-0.05, 0) is 51.8 Å². The fraction of sp³-hybridized carbons (Fsp3) is 0.276. The van der Waals surface area contributed by atoms with Gasteiger partial charge in [-0.2, -0.15) is 4.57 Å². The van der Waals surface area contributed by atoms with Crippen LogP contribution in [0.5, 0.6) is 11.5 Å². The molecule has 1 heterocycles. The Morgan fingerprint density at radius 2 is 1.33 bits per heavy atom. The van der Waals surface area contributed by atoms with Gasteiger partial charge in [0.05, 0.1) is 19.6 Å². The molecule has 4 rings (SSSR count). The second-order valence-electron chi connectivity index (χ2n) is 9.38. The maximum absolute atomic E-state index is 5.54. The Morgan fingerprint density at radius 3 is 1.94 bits per heavy atom. The van der Waals surface area contributed by atoms with Crippen molar-refractivity contribution < 1.29 is 38.0 Å². The predicted molar refractivity (Wildman–Crippen MR) is 133 cm³/mol. The molecular formula is C29H32INO2. The van der Waals surface area contributed by atoms with Gasteiger partial charge in [0.25, 0.3) is 0 Å². The number of nitrogens with zero attached hydrogens (tertiary/aromatic N) is 1. The highest BCUT2D eigenvalue weighted by atomic mass is 127. The number of aromatic nitrogens is 1. The second-order valence-corrected chi connectivity index (χ2v) is 9.38. The topological polar surface area (TPSA) is 22.3 Å². The van der Waals surface area contributed by atoms with Crippen LogP contribution < -0.4 is 38.0 Å². The van der Waals surface area contributed by atoms with E-state index in [4.69, 9.17) is 9.47 Å². The molecule has 0 unspecified atom stereocenters. The van der Waals surface area contributed by atoms with Gasteiger partial charge in [-0.1, -0.05) is 57.2 Å². The van der Waals surface area contributed by atoms with Gasteiger partial charge in [-0.3, -0.25) is 0 Å². The van der Waals surface area contributed by atoms with Crippen molar-refractivity contribution in [1.29, 1.82) is 0 Å². The molecule has 0 atom stereocenters. The maximum Gasteiger partial charge on any atom is 0.213 e. The lowest BCUT2D eigenvalue weighted by atomic mass is 9.86. The van der Waals surface area contributed by atoms with Crippen LogP contribution in [0.1, 0.15) is 32.0 Å². The number of rotatable bonds is 4. The Balaban J connectivity index is 0.00000306. The normalized spacial score (nSPS) is 11.2. The van der Waals surface area contributed by atoms with Crippen molar-refractivity contribution in [2.75, 3.05) is 14.2 Å². The third-order valence-electron chi connectivity index (χ3n) is 6.34. The first-order chi connectivity index (χ1) is 15.2. The van der Waals surface area contributed by atoms with Crippen LogP contribution in [0.2, 0.25) is 0 Å². The molecule has 0 aliphatic heterocycles. The molecule has 33 heavy (non-hydrogen) atoms. The molecule has 0 spiro atoms. The Kier molecular flexibility index (Phi) is 7.37. The molecule has 0 saturated heterocycles. The molecule has 0 saturated carbocycles. The van der Waals surface area contributed by atoms with E-state index in [1.54, 1.807) is 14.2 Å². The van der Waals surface area contributed by atoms with Crippen LogP contribution in [-0.4, -0.2) is 14.2 Å². The number of hydrogen-bond donors (Lipinski definition) is 0. The van der Waals surface area contributed by atoms with E-state index in [1.807, 2.05) is 0 Å². The highest BCUT2D eigenvalue weighted by molar-refractivity contribution is 5.89. The quantitative estimate of drug-likeness (QED) is 0.285. The summed E-state index contributed by atoms with van der Waals surface area (Å²) < 4.78 is 13.3. The molecule has 0 aliphatic carbocycles. The molecule has 0 N–H and O–H groups in total. The van der Waals surface area contributed by atoms with Crippen molar-refractivity contribution in [1.82, 2.24) is 0 Å². The summed E-state index contributed by atoms with van der Waals surface area (Å²) >= 11 is 0. The molecule has 0 bridgehead atoms. The van der Waals surface area contributed by atoms with E-state index in [2.05, 4.69) is 106 Å². The summed E-state index contributed by atoms with van der Waals surface area (Å²) in [6.07, 6.45) is 0. The molecule has 0 radical (unpaired) electrons. The van der Waals surface area contributed by atoms with Crippen LogP contribution in [0.15, 0.2) is 66.7 Å². The van der Waals surface area contributed by atoms with E-state index in [0.29, 0.717) is 0 Å². The van der Waals surface area contributed by atoms with Gasteiger partial charge in [0, 0.05) is 18.6 Å². The number of methoxy groups -OCH3 is 2. The number of ether oxygens (including phenoxy) is 2. The van der Waals surface area contributed by atoms with Crippen molar-refractivity contribution in [2.45, 2.75) is 33.1 Å². The molecule has 172 valence electrons.